The lowest BCUT2D eigenvalue weighted by molar-refractivity contribution is 0.0920. The van der Waals surface area contributed by atoms with Crippen molar-refractivity contribution in [2.75, 3.05) is 32.8 Å². The molecule has 0 saturated carbocycles. The zero-order valence-electron chi connectivity index (χ0n) is 14.0. The highest BCUT2D eigenvalue weighted by Gasteiger charge is 2.18. The minimum absolute atomic E-state index is 0. The summed E-state index contributed by atoms with van der Waals surface area (Å²) in [6, 6.07) is 0.347. The van der Waals surface area contributed by atoms with Crippen LogP contribution in [0.4, 0.5) is 0 Å². The average Bonchev–Trinajstić information content (AvgIpc) is 3.01. The van der Waals surface area contributed by atoms with Gasteiger partial charge in [-0.05, 0) is 38.3 Å². The van der Waals surface area contributed by atoms with Crippen molar-refractivity contribution < 1.29 is 9.53 Å². The predicted octanol–water partition coefficient (Wildman–Crippen LogP) is 1.42. The van der Waals surface area contributed by atoms with Crippen LogP contribution in [0.25, 0.3) is 0 Å². The topological polar surface area (TPSA) is 81.1 Å². The van der Waals surface area contributed by atoms with E-state index >= 15 is 0 Å². The number of nitrogens with zero attached hydrogens (tertiary/aromatic N) is 3. The molecule has 8 heteroatoms. The van der Waals surface area contributed by atoms with Crippen molar-refractivity contribution in [3.05, 3.63) is 11.9 Å². The van der Waals surface area contributed by atoms with Crippen LogP contribution in [-0.4, -0.2) is 53.7 Å². The Morgan fingerprint density at radius 1 is 1.48 bits per heavy atom. The fourth-order valence-corrected chi connectivity index (χ4v) is 2.42. The summed E-state index contributed by atoms with van der Waals surface area (Å²) >= 11 is 0. The fourth-order valence-electron chi connectivity index (χ4n) is 2.42. The van der Waals surface area contributed by atoms with E-state index in [1.54, 1.807) is 6.20 Å². The molecule has 0 bridgehead atoms. The number of hydrogen-bond acceptors (Lipinski definition) is 5. The monoisotopic (exact) mass is 345 g/mol. The predicted molar refractivity (Wildman–Crippen MR) is 91.0 cm³/mol. The van der Waals surface area contributed by atoms with E-state index < -0.39 is 0 Å². The maximum absolute atomic E-state index is 12.0. The number of piperidine rings is 1. The van der Waals surface area contributed by atoms with Gasteiger partial charge in [-0.2, -0.15) is 0 Å². The normalized spacial score (nSPS) is 15.4. The van der Waals surface area contributed by atoms with Gasteiger partial charge in [-0.3, -0.25) is 4.79 Å². The van der Waals surface area contributed by atoms with Crippen LogP contribution in [0.15, 0.2) is 6.20 Å². The van der Waals surface area contributed by atoms with Gasteiger partial charge in [-0.1, -0.05) is 19.1 Å². The molecule has 0 spiro atoms. The number of hydrogen-bond donors (Lipinski definition) is 2. The van der Waals surface area contributed by atoms with E-state index in [1.165, 1.54) is 0 Å². The summed E-state index contributed by atoms with van der Waals surface area (Å²) < 4.78 is 7.30. The molecule has 1 aliphatic rings. The number of halogens is 1. The Balaban J connectivity index is 0.00000264. The summed E-state index contributed by atoms with van der Waals surface area (Å²) in [6.45, 7) is 8.24. The van der Waals surface area contributed by atoms with Crippen LogP contribution in [0, 0.1) is 5.92 Å². The number of amides is 1. The second-order valence-electron chi connectivity index (χ2n) is 6.14. The van der Waals surface area contributed by atoms with Gasteiger partial charge in [0.2, 0.25) is 0 Å². The molecule has 2 heterocycles. The zero-order chi connectivity index (χ0) is 15.8. The van der Waals surface area contributed by atoms with Gasteiger partial charge in [0, 0.05) is 19.8 Å². The summed E-state index contributed by atoms with van der Waals surface area (Å²) in [6.07, 6.45) is 4.61. The Hall–Kier alpha value is -1.18. The molecule has 0 unspecified atom stereocenters. The highest BCUT2D eigenvalue weighted by molar-refractivity contribution is 5.91. The number of rotatable bonds is 8. The Bertz CT molecular complexity index is 460. The summed E-state index contributed by atoms with van der Waals surface area (Å²) in [7, 11) is 0. The van der Waals surface area contributed by atoms with Crippen molar-refractivity contribution in [2.24, 2.45) is 5.92 Å². The molecule has 1 aromatic rings. The fraction of sp³-hybridized carbons (Fsp3) is 0.800. The minimum Gasteiger partial charge on any atom is -0.381 e. The van der Waals surface area contributed by atoms with E-state index in [0.717, 1.165) is 39.0 Å². The van der Waals surface area contributed by atoms with Gasteiger partial charge >= 0.3 is 0 Å². The molecule has 0 radical (unpaired) electrons. The second kappa shape index (κ2) is 10.6. The summed E-state index contributed by atoms with van der Waals surface area (Å²) in [5, 5.41) is 14.2. The van der Waals surface area contributed by atoms with Gasteiger partial charge in [0.1, 0.15) is 0 Å². The Morgan fingerprint density at radius 2 is 2.22 bits per heavy atom. The summed E-state index contributed by atoms with van der Waals surface area (Å²) in [4.78, 5) is 12.0. The lowest BCUT2D eigenvalue weighted by Crippen LogP contribution is -2.29. The van der Waals surface area contributed by atoms with Crippen molar-refractivity contribution >= 4 is 18.3 Å². The summed E-state index contributed by atoms with van der Waals surface area (Å²) in [5.74, 6) is 0.378. The van der Waals surface area contributed by atoms with Crippen LogP contribution in [0.1, 0.15) is 49.6 Å². The number of carbonyl (C=O) groups is 1. The zero-order valence-corrected chi connectivity index (χ0v) is 14.8. The molecule has 0 aromatic carbocycles. The van der Waals surface area contributed by atoms with Crippen LogP contribution >= 0.6 is 12.4 Å². The van der Waals surface area contributed by atoms with Crippen LogP contribution < -0.4 is 10.6 Å². The highest BCUT2D eigenvalue weighted by atomic mass is 35.5. The van der Waals surface area contributed by atoms with Gasteiger partial charge in [-0.15, -0.1) is 17.5 Å². The van der Waals surface area contributed by atoms with Crippen molar-refractivity contribution in [1.82, 2.24) is 25.6 Å². The van der Waals surface area contributed by atoms with E-state index in [4.69, 9.17) is 4.74 Å². The molecule has 1 aromatic heterocycles. The van der Waals surface area contributed by atoms with Crippen LogP contribution in [0.2, 0.25) is 0 Å². The van der Waals surface area contributed by atoms with Gasteiger partial charge in [-0.25, -0.2) is 4.68 Å². The largest absolute Gasteiger partial charge is 0.381 e. The van der Waals surface area contributed by atoms with Crippen LogP contribution in [-0.2, 0) is 4.74 Å². The molecular formula is C15H28ClN5O2. The van der Waals surface area contributed by atoms with Gasteiger partial charge in [0.25, 0.3) is 5.91 Å². The first kappa shape index (κ1) is 19.9. The number of nitrogens with one attached hydrogen (secondary N) is 2. The first-order chi connectivity index (χ1) is 10.7. The molecule has 1 aliphatic heterocycles. The standard InChI is InChI=1S/C15H27N5O2.ClH/c1-12(2)11-22-9-3-6-17-15(21)14-10-20(19-18-14)13-4-7-16-8-5-13;/h10,12-13,16H,3-9,11H2,1-2H3,(H,17,21);1H. The van der Waals surface area contributed by atoms with Crippen molar-refractivity contribution in [3.63, 3.8) is 0 Å². The Morgan fingerprint density at radius 3 is 2.91 bits per heavy atom. The molecule has 1 saturated heterocycles. The van der Waals surface area contributed by atoms with E-state index in [2.05, 4.69) is 34.8 Å². The van der Waals surface area contributed by atoms with E-state index in [9.17, 15) is 4.79 Å². The maximum Gasteiger partial charge on any atom is 0.273 e. The lowest BCUT2D eigenvalue weighted by Gasteiger charge is -2.22. The summed E-state index contributed by atoms with van der Waals surface area (Å²) in [5.41, 5.74) is 0.390. The molecule has 132 valence electrons. The number of carbonyl (C=O) groups excluding carboxylic acids is 1. The third kappa shape index (κ3) is 6.85. The van der Waals surface area contributed by atoms with E-state index in [-0.39, 0.29) is 18.3 Å². The van der Waals surface area contributed by atoms with Crippen molar-refractivity contribution in [3.8, 4) is 0 Å². The SMILES string of the molecule is CC(C)COCCCNC(=O)c1cn(C2CCNCC2)nn1.Cl. The van der Waals surface area contributed by atoms with Crippen molar-refractivity contribution in [1.29, 1.82) is 0 Å². The molecule has 0 atom stereocenters. The lowest BCUT2D eigenvalue weighted by atomic mass is 10.1. The first-order valence-electron chi connectivity index (χ1n) is 8.15. The maximum atomic E-state index is 12.0. The molecule has 2 N–H and O–H groups in total. The van der Waals surface area contributed by atoms with Gasteiger partial charge in [0.15, 0.2) is 5.69 Å². The molecule has 7 nitrogen and oxygen atoms in total. The Labute approximate surface area is 143 Å². The smallest absolute Gasteiger partial charge is 0.273 e. The van der Waals surface area contributed by atoms with E-state index in [0.29, 0.717) is 30.8 Å². The average molecular weight is 346 g/mol. The van der Waals surface area contributed by atoms with Crippen LogP contribution in [0.3, 0.4) is 0 Å². The molecule has 0 aliphatic carbocycles. The Kier molecular flexibility index (Phi) is 9.13. The van der Waals surface area contributed by atoms with E-state index in [1.807, 2.05) is 4.68 Å². The van der Waals surface area contributed by atoms with Crippen molar-refractivity contribution in [2.45, 2.75) is 39.2 Å². The number of aromatic nitrogens is 3. The third-order valence-corrected chi connectivity index (χ3v) is 3.63. The quantitative estimate of drug-likeness (QED) is 0.696. The molecule has 1 fully saturated rings. The first-order valence-corrected chi connectivity index (χ1v) is 8.15. The molecule has 23 heavy (non-hydrogen) atoms. The molecular weight excluding hydrogens is 318 g/mol. The highest BCUT2D eigenvalue weighted by Crippen LogP contribution is 2.16. The number of ether oxygens (including phenoxy) is 1. The van der Waals surface area contributed by atoms with Gasteiger partial charge < -0.3 is 15.4 Å². The molecule has 2 rings (SSSR count). The van der Waals surface area contributed by atoms with Gasteiger partial charge in [0.05, 0.1) is 12.2 Å². The van der Waals surface area contributed by atoms with Crippen LogP contribution in [0.5, 0.6) is 0 Å². The molecule has 1 amide bonds. The third-order valence-electron chi connectivity index (χ3n) is 3.63. The second-order valence-corrected chi connectivity index (χ2v) is 6.14. The minimum atomic E-state index is -0.163.